The van der Waals surface area contributed by atoms with E-state index in [4.69, 9.17) is 4.74 Å². The second-order valence-corrected chi connectivity index (χ2v) is 4.45. The van der Waals surface area contributed by atoms with Crippen molar-refractivity contribution in [2.75, 3.05) is 0 Å². The number of ether oxygens (including phenoxy) is 1. The van der Waals surface area contributed by atoms with E-state index in [1.807, 2.05) is 0 Å². The van der Waals surface area contributed by atoms with Gasteiger partial charge in [0.2, 0.25) is 0 Å². The molecule has 15 heavy (non-hydrogen) atoms. The Bertz CT molecular complexity index is 386. The first-order chi connectivity index (χ1) is 7.38. The van der Waals surface area contributed by atoms with Crippen LogP contribution in [-0.2, 0) is 9.53 Å². The third-order valence-corrected chi connectivity index (χ3v) is 3.53. The number of rotatable bonds is 1. The van der Waals surface area contributed by atoms with E-state index in [-0.39, 0.29) is 18.1 Å². The Kier molecular flexibility index (Phi) is 2.10. The Labute approximate surface area is 89.2 Å². The number of fused-ring (bicyclic) bond motifs is 5. The Hall–Kier alpha value is -1.15. The summed E-state index contributed by atoms with van der Waals surface area (Å²) in [6, 6.07) is 8.40. The van der Waals surface area contributed by atoms with Crippen molar-refractivity contribution in [1.82, 2.24) is 0 Å². The summed E-state index contributed by atoms with van der Waals surface area (Å²) < 4.78 is 5.97. The maximum Gasteiger partial charge on any atom is 0.123 e. The van der Waals surface area contributed by atoms with E-state index in [2.05, 4.69) is 24.3 Å². The van der Waals surface area contributed by atoms with Crippen molar-refractivity contribution in [3.63, 3.8) is 0 Å². The minimum Gasteiger partial charge on any atom is -0.366 e. The molecule has 2 heterocycles. The van der Waals surface area contributed by atoms with Crippen LogP contribution in [0.25, 0.3) is 0 Å². The molecular weight excluding hydrogens is 188 g/mol. The van der Waals surface area contributed by atoms with Crippen molar-refractivity contribution >= 4 is 6.29 Å². The molecule has 0 amide bonds. The van der Waals surface area contributed by atoms with Gasteiger partial charge in [-0.3, -0.25) is 0 Å². The lowest BCUT2D eigenvalue weighted by Gasteiger charge is -2.13. The van der Waals surface area contributed by atoms with Crippen molar-refractivity contribution in [3.05, 3.63) is 35.4 Å². The van der Waals surface area contributed by atoms with Gasteiger partial charge in [-0.25, -0.2) is 0 Å². The van der Waals surface area contributed by atoms with Crippen LogP contribution in [0.5, 0.6) is 0 Å². The standard InChI is InChI=1S/C13H14O2/c14-8-9-5-6-12-10-3-1-2-4-11(10)13(7-9)15-12/h1-4,8-9,12-13H,5-7H2/t9-,12+,13-/m0/s1. The van der Waals surface area contributed by atoms with Crippen LogP contribution in [-0.4, -0.2) is 6.29 Å². The lowest BCUT2D eigenvalue weighted by atomic mass is 9.88. The maximum absolute atomic E-state index is 10.8. The van der Waals surface area contributed by atoms with Crippen molar-refractivity contribution in [3.8, 4) is 0 Å². The van der Waals surface area contributed by atoms with E-state index < -0.39 is 0 Å². The first-order valence-electron chi connectivity index (χ1n) is 5.58. The average molecular weight is 202 g/mol. The van der Waals surface area contributed by atoms with Gasteiger partial charge in [0, 0.05) is 5.92 Å². The van der Waals surface area contributed by atoms with Gasteiger partial charge in [-0.2, -0.15) is 0 Å². The zero-order chi connectivity index (χ0) is 10.3. The molecule has 0 radical (unpaired) electrons. The molecule has 2 bridgehead atoms. The SMILES string of the molecule is O=C[C@H]1CC[C@H]2O[C@@H](C1)c1ccccc12. The molecule has 0 aromatic heterocycles. The summed E-state index contributed by atoms with van der Waals surface area (Å²) in [6.07, 6.45) is 4.29. The highest BCUT2D eigenvalue weighted by atomic mass is 16.5. The molecule has 78 valence electrons. The van der Waals surface area contributed by atoms with E-state index >= 15 is 0 Å². The molecule has 2 heteroatoms. The zero-order valence-electron chi connectivity index (χ0n) is 8.56. The molecule has 2 aliphatic heterocycles. The predicted molar refractivity (Wildman–Crippen MR) is 56.4 cm³/mol. The first kappa shape index (κ1) is 9.10. The van der Waals surface area contributed by atoms with E-state index in [9.17, 15) is 4.79 Å². The molecule has 1 fully saturated rings. The van der Waals surface area contributed by atoms with Crippen LogP contribution in [0.15, 0.2) is 24.3 Å². The van der Waals surface area contributed by atoms with Gasteiger partial charge < -0.3 is 9.53 Å². The third-order valence-electron chi connectivity index (χ3n) is 3.53. The fourth-order valence-corrected chi connectivity index (χ4v) is 2.73. The van der Waals surface area contributed by atoms with Gasteiger partial charge in [0.15, 0.2) is 0 Å². The second kappa shape index (κ2) is 3.46. The van der Waals surface area contributed by atoms with E-state index in [0.717, 1.165) is 25.5 Å². The van der Waals surface area contributed by atoms with Gasteiger partial charge in [-0.1, -0.05) is 24.3 Å². The monoisotopic (exact) mass is 202 g/mol. The van der Waals surface area contributed by atoms with Gasteiger partial charge in [0.1, 0.15) is 6.29 Å². The van der Waals surface area contributed by atoms with Crippen LogP contribution >= 0.6 is 0 Å². The quantitative estimate of drug-likeness (QED) is 0.654. The molecule has 3 atom stereocenters. The van der Waals surface area contributed by atoms with Gasteiger partial charge in [0.25, 0.3) is 0 Å². The smallest absolute Gasteiger partial charge is 0.123 e. The van der Waals surface area contributed by atoms with Crippen LogP contribution in [0.2, 0.25) is 0 Å². The highest BCUT2D eigenvalue weighted by molar-refractivity contribution is 5.54. The molecule has 1 aromatic carbocycles. The highest BCUT2D eigenvalue weighted by Crippen LogP contribution is 2.47. The van der Waals surface area contributed by atoms with Crippen LogP contribution in [0, 0.1) is 5.92 Å². The largest absolute Gasteiger partial charge is 0.366 e. The van der Waals surface area contributed by atoms with E-state index in [1.165, 1.54) is 11.1 Å². The summed E-state index contributed by atoms with van der Waals surface area (Å²) >= 11 is 0. The lowest BCUT2D eigenvalue weighted by molar-refractivity contribution is -0.111. The molecule has 2 nitrogen and oxygen atoms in total. The topological polar surface area (TPSA) is 26.3 Å². The summed E-state index contributed by atoms with van der Waals surface area (Å²) in [6.45, 7) is 0. The van der Waals surface area contributed by atoms with E-state index in [0.29, 0.717) is 0 Å². The summed E-state index contributed by atoms with van der Waals surface area (Å²) in [5.41, 5.74) is 2.64. The first-order valence-corrected chi connectivity index (χ1v) is 5.58. The second-order valence-electron chi connectivity index (χ2n) is 4.45. The molecule has 3 rings (SSSR count). The molecule has 0 aliphatic carbocycles. The van der Waals surface area contributed by atoms with Gasteiger partial charge >= 0.3 is 0 Å². The molecule has 1 saturated heterocycles. The molecule has 2 aliphatic rings. The minimum atomic E-state index is 0.156. The molecular formula is C13H14O2. The van der Waals surface area contributed by atoms with Crippen LogP contribution < -0.4 is 0 Å². The highest BCUT2D eigenvalue weighted by Gasteiger charge is 2.35. The van der Waals surface area contributed by atoms with Crippen molar-refractivity contribution in [2.45, 2.75) is 31.5 Å². The summed E-state index contributed by atoms with van der Waals surface area (Å²) in [7, 11) is 0. The summed E-state index contributed by atoms with van der Waals surface area (Å²) in [5.74, 6) is 0.188. The molecule has 0 spiro atoms. The third kappa shape index (κ3) is 1.40. The van der Waals surface area contributed by atoms with Crippen molar-refractivity contribution < 1.29 is 9.53 Å². The van der Waals surface area contributed by atoms with Crippen LogP contribution in [0.1, 0.15) is 42.6 Å². The number of aldehydes is 1. The fraction of sp³-hybridized carbons (Fsp3) is 0.462. The molecule has 0 unspecified atom stereocenters. The molecule has 1 aromatic rings. The van der Waals surface area contributed by atoms with Crippen LogP contribution in [0.4, 0.5) is 0 Å². The zero-order valence-corrected chi connectivity index (χ0v) is 8.56. The predicted octanol–water partition coefficient (Wildman–Crippen LogP) is 2.80. The van der Waals surface area contributed by atoms with Crippen molar-refractivity contribution in [1.29, 1.82) is 0 Å². The Morgan fingerprint density at radius 1 is 1.13 bits per heavy atom. The fourth-order valence-electron chi connectivity index (χ4n) is 2.73. The average Bonchev–Trinajstić information content (AvgIpc) is 2.48. The maximum atomic E-state index is 10.8. The summed E-state index contributed by atoms with van der Waals surface area (Å²) in [5, 5.41) is 0. The number of carbonyl (C=O) groups excluding carboxylic acids is 1. The van der Waals surface area contributed by atoms with Gasteiger partial charge in [-0.05, 0) is 30.4 Å². The number of hydrogen-bond acceptors (Lipinski definition) is 2. The number of carbonyl (C=O) groups is 1. The van der Waals surface area contributed by atoms with Gasteiger partial charge in [-0.15, -0.1) is 0 Å². The molecule has 0 saturated carbocycles. The number of hydrogen-bond donors (Lipinski definition) is 0. The molecule has 0 N–H and O–H groups in total. The normalized spacial score (nSPS) is 33.2. The van der Waals surface area contributed by atoms with Gasteiger partial charge in [0.05, 0.1) is 12.2 Å². The Morgan fingerprint density at radius 3 is 2.60 bits per heavy atom. The van der Waals surface area contributed by atoms with Crippen LogP contribution in [0.3, 0.4) is 0 Å². The minimum absolute atomic E-state index is 0.156. The number of benzene rings is 1. The Balaban J connectivity index is 1.99. The lowest BCUT2D eigenvalue weighted by Crippen LogP contribution is -2.07. The summed E-state index contributed by atoms with van der Waals surface area (Å²) in [4.78, 5) is 10.8. The van der Waals surface area contributed by atoms with Crippen molar-refractivity contribution in [2.24, 2.45) is 5.92 Å². The van der Waals surface area contributed by atoms with E-state index in [1.54, 1.807) is 0 Å². The Morgan fingerprint density at radius 2 is 1.87 bits per heavy atom.